The number of benzene rings is 1. The molecule has 20 heavy (non-hydrogen) atoms. The maximum absolute atomic E-state index is 11.6. The average Bonchev–Trinajstić information content (AvgIpc) is 2.89. The van der Waals surface area contributed by atoms with Crippen LogP contribution in [0.5, 0.6) is 0 Å². The van der Waals surface area contributed by atoms with Gasteiger partial charge >= 0.3 is 5.97 Å². The van der Waals surface area contributed by atoms with Crippen molar-refractivity contribution in [2.24, 2.45) is 0 Å². The largest absolute Gasteiger partial charge is 0.459 e. The zero-order chi connectivity index (χ0) is 14.4. The number of nitriles is 1. The fourth-order valence-corrected chi connectivity index (χ4v) is 1.70. The summed E-state index contributed by atoms with van der Waals surface area (Å²) in [5.74, 6) is 0.406. The predicted octanol–water partition coefficient (Wildman–Crippen LogP) is 2.53. The molecular weight excluding hydrogens is 256 g/mol. The highest BCUT2D eigenvalue weighted by Crippen LogP contribution is 2.08. The van der Waals surface area contributed by atoms with Crippen LogP contribution in [0.4, 0.5) is 0 Å². The van der Waals surface area contributed by atoms with Gasteiger partial charge in [0.25, 0.3) is 0 Å². The van der Waals surface area contributed by atoms with Gasteiger partial charge in [-0.25, -0.2) is 0 Å². The van der Waals surface area contributed by atoms with Gasteiger partial charge in [-0.2, -0.15) is 5.26 Å². The van der Waals surface area contributed by atoms with Gasteiger partial charge in [-0.15, -0.1) is 0 Å². The molecule has 0 saturated heterocycles. The fourth-order valence-electron chi connectivity index (χ4n) is 1.70. The molecule has 1 aromatic carbocycles. The first-order valence-corrected chi connectivity index (χ1v) is 6.24. The number of esters is 1. The van der Waals surface area contributed by atoms with Crippen LogP contribution in [0.2, 0.25) is 0 Å². The van der Waals surface area contributed by atoms with Crippen molar-refractivity contribution in [2.45, 2.75) is 26.4 Å². The Morgan fingerprint density at radius 1 is 1.40 bits per heavy atom. The molecule has 2 rings (SSSR count). The normalized spacial score (nSPS) is 10.0. The van der Waals surface area contributed by atoms with Gasteiger partial charge in [-0.1, -0.05) is 17.3 Å². The standard InChI is InChI=1S/C15H14N2O3/c1-11-8-14(17-20-11)10-19-15(18)7-6-12-2-4-13(9-16)5-3-12/h2-5,8H,6-7,10H2,1H3. The molecule has 5 nitrogen and oxygen atoms in total. The van der Waals surface area contributed by atoms with Crippen LogP contribution in [0.3, 0.4) is 0 Å². The summed E-state index contributed by atoms with van der Waals surface area (Å²) >= 11 is 0. The molecule has 0 radical (unpaired) electrons. The molecule has 0 atom stereocenters. The third kappa shape index (κ3) is 3.95. The molecule has 0 amide bonds. The molecule has 0 saturated carbocycles. The Labute approximate surface area is 116 Å². The Balaban J connectivity index is 1.75. The fraction of sp³-hybridized carbons (Fsp3) is 0.267. The van der Waals surface area contributed by atoms with E-state index in [2.05, 4.69) is 11.2 Å². The first kappa shape index (κ1) is 13.8. The van der Waals surface area contributed by atoms with Gasteiger partial charge in [-0.05, 0) is 31.0 Å². The van der Waals surface area contributed by atoms with E-state index in [1.807, 2.05) is 12.1 Å². The molecular formula is C15H14N2O3. The minimum absolute atomic E-state index is 0.129. The zero-order valence-corrected chi connectivity index (χ0v) is 11.1. The molecule has 0 spiro atoms. The third-order valence-corrected chi connectivity index (χ3v) is 2.76. The molecule has 0 aliphatic rings. The summed E-state index contributed by atoms with van der Waals surface area (Å²) in [7, 11) is 0. The van der Waals surface area contributed by atoms with Crippen LogP contribution < -0.4 is 0 Å². The van der Waals surface area contributed by atoms with Crippen LogP contribution in [-0.2, 0) is 22.6 Å². The van der Waals surface area contributed by atoms with Crippen molar-refractivity contribution in [3.05, 3.63) is 52.9 Å². The van der Waals surface area contributed by atoms with E-state index >= 15 is 0 Å². The molecule has 0 fully saturated rings. The van der Waals surface area contributed by atoms with E-state index in [-0.39, 0.29) is 12.6 Å². The van der Waals surface area contributed by atoms with Gasteiger partial charge in [-0.3, -0.25) is 4.79 Å². The maximum atomic E-state index is 11.6. The Hall–Kier alpha value is -2.61. The molecule has 1 heterocycles. The second kappa shape index (κ2) is 6.53. The molecule has 2 aromatic rings. The first-order valence-electron chi connectivity index (χ1n) is 6.24. The Morgan fingerprint density at radius 2 is 2.15 bits per heavy atom. The van der Waals surface area contributed by atoms with Crippen molar-refractivity contribution in [2.75, 3.05) is 0 Å². The molecule has 1 aromatic heterocycles. The second-order valence-electron chi connectivity index (χ2n) is 4.40. The van der Waals surface area contributed by atoms with Gasteiger partial charge in [0.1, 0.15) is 18.1 Å². The number of carbonyl (C=O) groups excluding carboxylic acids is 1. The molecule has 102 valence electrons. The summed E-state index contributed by atoms with van der Waals surface area (Å²) in [6.45, 7) is 1.91. The van der Waals surface area contributed by atoms with E-state index in [9.17, 15) is 4.79 Å². The smallest absolute Gasteiger partial charge is 0.306 e. The number of aromatic nitrogens is 1. The lowest BCUT2D eigenvalue weighted by Crippen LogP contribution is -2.06. The van der Waals surface area contributed by atoms with Gasteiger partial charge in [0, 0.05) is 12.5 Å². The molecule has 0 unspecified atom stereocenters. The summed E-state index contributed by atoms with van der Waals surface area (Å²) < 4.78 is 9.97. The van der Waals surface area contributed by atoms with Crippen LogP contribution in [-0.4, -0.2) is 11.1 Å². The van der Waals surface area contributed by atoms with Crippen molar-refractivity contribution in [3.8, 4) is 6.07 Å². The van der Waals surface area contributed by atoms with E-state index in [0.29, 0.717) is 29.9 Å². The van der Waals surface area contributed by atoms with Crippen LogP contribution in [0.15, 0.2) is 34.9 Å². The summed E-state index contributed by atoms with van der Waals surface area (Å²) in [5, 5.41) is 12.4. The van der Waals surface area contributed by atoms with E-state index in [1.165, 1.54) is 0 Å². The van der Waals surface area contributed by atoms with Crippen molar-refractivity contribution in [1.29, 1.82) is 5.26 Å². The molecule has 0 N–H and O–H groups in total. The second-order valence-corrected chi connectivity index (χ2v) is 4.40. The number of ether oxygens (including phenoxy) is 1. The maximum Gasteiger partial charge on any atom is 0.306 e. The summed E-state index contributed by atoms with van der Waals surface area (Å²) in [4.78, 5) is 11.6. The van der Waals surface area contributed by atoms with Crippen molar-refractivity contribution < 1.29 is 14.1 Å². The van der Waals surface area contributed by atoms with Gasteiger partial charge in [0.15, 0.2) is 0 Å². The SMILES string of the molecule is Cc1cc(COC(=O)CCc2ccc(C#N)cc2)no1. The lowest BCUT2D eigenvalue weighted by atomic mass is 10.1. The summed E-state index contributed by atoms with van der Waals surface area (Å²) in [6.07, 6.45) is 0.880. The number of carbonyl (C=O) groups is 1. The lowest BCUT2D eigenvalue weighted by Gasteiger charge is -2.03. The number of aryl methyl sites for hydroxylation is 2. The van der Waals surface area contributed by atoms with E-state index in [0.717, 1.165) is 5.56 Å². The van der Waals surface area contributed by atoms with Crippen molar-refractivity contribution >= 4 is 5.97 Å². The zero-order valence-electron chi connectivity index (χ0n) is 11.1. The Kier molecular flexibility index (Phi) is 4.51. The Bertz CT molecular complexity index is 623. The number of hydrogen-bond donors (Lipinski definition) is 0. The van der Waals surface area contributed by atoms with Crippen LogP contribution in [0, 0.1) is 18.3 Å². The van der Waals surface area contributed by atoms with E-state index in [1.54, 1.807) is 25.1 Å². The number of hydrogen-bond acceptors (Lipinski definition) is 5. The lowest BCUT2D eigenvalue weighted by molar-refractivity contribution is -0.145. The highest BCUT2D eigenvalue weighted by molar-refractivity contribution is 5.69. The third-order valence-electron chi connectivity index (χ3n) is 2.76. The summed E-state index contributed by atoms with van der Waals surface area (Å²) in [6, 6.07) is 10.9. The first-order chi connectivity index (χ1) is 9.67. The number of nitrogens with zero attached hydrogens (tertiary/aromatic N) is 2. The van der Waals surface area contributed by atoms with Crippen LogP contribution in [0.25, 0.3) is 0 Å². The van der Waals surface area contributed by atoms with E-state index in [4.69, 9.17) is 14.5 Å². The quantitative estimate of drug-likeness (QED) is 0.780. The number of rotatable bonds is 5. The monoisotopic (exact) mass is 270 g/mol. The Morgan fingerprint density at radius 3 is 2.75 bits per heavy atom. The highest BCUT2D eigenvalue weighted by Gasteiger charge is 2.07. The van der Waals surface area contributed by atoms with Crippen molar-refractivity contribution in [3.63, 3.8) is 0 Å². The van der Waals surface area contributed by atoms with Crippen LogP contribution >= 0.6 is 0 Å². The minimum atomic E-state index is -0.282. The highest BCUT2D eigenvalue weighted by atomic mass is 16.5. The van der Waals surface area contributed by atoms with E-state index < -0.39 is 0 Å². The predicted molar refractivity (Wildman–Crippen MR) is 70.5 cm³/mol. The van der Waals surface area contributed by atoms with Crippen molar-refractivity contribution in [1.82, 2.24) is 5.16 Å². The molecule has 0 bridgehead atoms. The minimum Gasteiger partial charge on any atom is -0.459 e. The van der Waals surface area contributed by atoms with Crippen LogP contribution in [0.1, 0.15) is 29.0 Å². The van der Waals surface area contributed by atoms with Gasteiger partial charge in [0.2, 0.25) is 0 Å². The summed E-state index contributed by atoms with van der Waals surface area (Å²) in [5.41, 5.74) is 2.21. The molecule has 5 heteroatoms. The molecule has 0 aliphatic carbocycles. The average molecular weight is 270 g/mol. The topological polar surface area (TPSA) is 76.1 Å². The molecule has 0 aliphatic heterocycles. The van der Waals surface area contributed by atoms with Gasteiger partial charge in [0.05, 0.1) is 11.6 Å². The van der Waals surface area contributed by atoms with Gasteiger partial charge < -0.3 is 9.26 Å².